The van der Waals surface area contributed by atoms with Gasteiger partial charge in [0.05, 0.1) is 20.3 Å². The number of pyridine rings is 1. The van der Waals surface area contributed by atoms with Crippen LogP contribution in [0.1, 0.15) is 18.1 Å². The maximum Gasteiger partial charge on any atom is 0.367 e. The summed E-state index contributed by atoms with van der Waals surface area (Å²) in [5, 5.41) is 0. The van der Waals surface area contributed by atoms with Crippen LogP contribution in [0.5, 0.6) is 11.6 Å². The van der Waals surface area contributed by atoms with Crippen molar-refractivity contribution in [3.63, 3.8) is 0 Å². The molecule has 0 spiro atoms. The Hall–Kier alpha value is -2.03. The molecule has 106 valence electrons. The predicted molar refractivity (Wildman–Crippen MR) is 79.3 cm³/mol. The Morgan fingerprint density at radius 2 is 1.85 bits per heavy atom. The van der Waals surface area contributed by atoms with Crippen LogP contribution in [0.4, 0.5) is 0 Å². The minimum Gasteiger partial charge on any atom is -0.497 e. The first-order valence-corrected chi connectivity index (χ1v) is 6.96. The van der Waals surface area contributed by atoms with Gasteiger partial charge in [-0.25, -0.2) is 0 Å². The van der Waals surface area contributed by atoms with Crippen LogP contribution in [0.3, 0.4) is 0 Å². The highest BCUT2D eigenvalue weighted by atomic mass is 16.5. The highest BCUT2D eigenvalue weighted by molar-refractivity contribution is 5.28. The highest BCUT2D eigenvalue weighted by Gasteiger charge is 2.11. The number of benzene rings is 1. The second kappa shape index (κ2) is 6.94. The molecule has 3 heteroatoms. The zero-order valence-corrected chi connectivity index (χ0v) is 12.4. The van der Waals surface area contributed by atoms with Crippen molar-refractivity contribution in [3.05, 3.63) is 53.7 Å². The fraction of sp³-hybridized carbons (Fsp3) is 0.353. The van der Waals surface area contributed by atoms with E-state index >= 15 is 0 Å². The molecule has 1 aromatic heterocycles. The Morgan fingerprint density at radius 3 is 2.55 bits per heavy atom. The first-order valence-electron chi connectivity index (χ1n) is 6.96. The number of hydrogen-bond donors (Lipinski definition) is 0. The smallest absolute Gasteiger partial charge is 0.367 e. The van der Waals surface area contributed by atoms with Gasteiger partial charge in [0.1, 0.15) is 5.75 Å². The van der Waals surface area contributed by atoms with Crippen LogP contribution in [-0.2, 0) is 19.4 Å². The van der Waals surface area contributed by atoms with Gasteiger partial charge in [0, 0.05) is 12.5 Å². The summed E-state index contributed by atoms with van der Waals surface area (Å²) in [4.78, 5) is 0. The fourth-order valence-electron chi connectivity index (χ4n) is 2.21. The van der Waals surface area contributed by atoms with E-state index in [2.05, 4.69) is 42.0 Å². The minimum absolute atomic E-state index is 0.889. The summed E-state index contributed by atoms with van der Waals surface area (Å²) in [6.45, 7) is 3.04. The summed E-state index contributed by atoms with van der Waals surface area (Å²) >= 11 is 0. The van der Waals surface area contributed by atoms with Gasteiger partial charge in [-0.15, -0.1) is 0 Å². The lowest BCUT2D eigenvalue weighted by atomic mass is 10.1. The number of aromatic nitrogens is 1. The summed E-state index contributed by atoms with van der Waals surface area (Å²) in [6.07, 6.45) is 4.06. The van der Waals surface area contributed by atoms with Gasteiger partial charge in [-0.1, -0.05) is 19.1 Å². The molecule has 2 rings (SSSR count). The first kappa shape index (κ1) is 14.4. The van der Waals surface area contributed by atoms with Crippen LogP contribution in [0.25, 0.3) is 0 Å². The Morgan fingerprint density at radius 1 is 1.00 bits per heavy atom. The summed E-state index contributed by atoms with van der Waals surface area (Å²) in [5.74, 6) is 1.81. The van der Waals surface area contributed by atoms with E-state index in [4.69, 9.17) is 9.47 Å². The molecule has 0 saturated carbocycles. The van der Waals surface area contributed by atoms with Crippen LogP contribution in [0, 0.1) is 0 Å². The summed E-state index contributed by atoms with van der Waals surface area (Å²) in [7, 11) is 3.41. The minimum atomic E-state index is 0.889. The third kappa shape index (κ3) is 3.50. The van der Waals surface area contributed by atoms with Gasteiger partial charge in [0.25, 0.3) is 0 Å². The predicted octanol–water partition coefficient (Wildman–Crippen LogP) is 2.80. The number of aryl methyl sites for hydroxylation is 3. The van der Waals surface area contributed by atoms with Gasteiger partial charge < -0.3 is 9.47 Å². The molecule has 3 nitrogen and oxygen atoms in total. The molecule has 2 aromatic rings. The third-order valence-corrected chi connectivity index (χ3v) is 3.45. The molecule has 0 aliphatic carbocycles. The maximum atomic E-state index is 5.46. The van der Waals surface area contributed by atoms with Gasteiger partial charge in [0.2, 0.25) is 0 Å². The molecule has 0 saturated heterocycles. The van der Waals surface area contributed by atoms with Crippen molar-refractivity contribution in [1.29, 1.82) is 0 Å². The van der Waals surface area contributed by atoms with Crippen LogP contribution in [0.15, 0.2) is 42.6 Å². The van der Waals surface area contributed by atoms with Crippen molar-refractivity contribution < 1.29 is 14.0 Å². The Kier molecular flexibility index (Phi) is 4.99. The lowest BCUT2D eigenvalue weighted by Gasteiger charge is -2.06. The van der Waals surface area contributed by atoms with Gasteiger partial charge in [-0.3, -0.25) is 0 Å². The zero-order valence-electron chi connectivity index (χ0n) is 12.4. The molecule has 1 heterocycles. The summed E-state index contributed by atoms with van der Waals surface area (Å²) in [6, 6.07) is 12.4. The van der Waals surface area contributed by atoms with Gasteiger partial charge in [0.15, 0.2) is 12.7 Å². The number of methoxy groups -OCH3 is 2. The molecule has 0 radical (unpaired) electrons. The standard InChI is InChI=1S/C17H22NO2/c1-4-14-8-10-18(17(13-14)20-3)11-9-15-6-5-7-16(12-15)19-2/h5-8,10,12-13H,4,9,11H2,1-3H3/q+1. The van der Waals surface area contributed by atoms with Gasteiger partial charge in [-0.05, 0) is 29.7 Å². The topological polar surface area (TPSA) is 22.3 Å². The average Bonchev–Trinajstić information content (AvgIpc) is 2.52. The van der Waals surface area contributed by atoms with Crippen molar-refractivity contribution in [1.82, 2.24) is 0 Å². The van der Waals surface area contributed by atoms with Crippen LogP contribution < -0.4 is 14.0 Å². The van der Waals surface area contributed by atoms with Gasteiger partial charge >= 0.3 is 5.88 Å². The Balaban J connectivity index is 2.10. The molecule has 20 heavy (non-hydrogen) atoms. The molecular formula is C17H22NO2+. The molecule has 0 atom stereocenters. The highest BCUT2D eigenvalue weighted by Crippen LogP contribution is 2.13. The van der Waals surface area contributed by atoms with E-state index in [0.717, 1.165) is 31.0 Å². The van der Waals surface area contributed by atoms with Crippen molar-refractivity contribution in [2.75, 3.05) is 14.2 Å². The quantitative estimate of drug-likeness (QED) is 0.755. The normalized spacial score (nSPS) is 10.3. The molecule has 0 amide bonds. The molecule has 0 aliphatic rings. The Bertz CT molecular complexity index is 567. The molecule has 0 bridgehead atoms. The van der Waals surface area contributed by atoms with Gasteiger partial charge in [-0.2, -0.15) is 4.57 Å². The third-order valence-electron chi connectivity index (χ3n) is 3.45. The van der Waals surface area contributed by atoms with Crippen LogP contribution in [0.2, 0.25) is 0 Å². The summed E-state index contributed by atoms with van der Waals surface area (Å²) in [5.41, 5.74) is 2.55. The van der Waals surface area contributed by atoms with E-state index in [-0.39, 0.29) is 0 Å². The maximum absolute atomic E-state index is 5.46. The van der Waals surface area contributed by atoms with Crippen molar-refractivity contribution in [2.24, 2.45) is 0 Å². The van der Waals surface area contributed by atoms with Crippen molar-refractivity contribution in [2.45, 2.75) is 26.3 Å². The average molecular weight is 272 g/mol. The zero-order chi connectivity index (χ0) is 14.4. The fourth-order valence-corrected chi connectivity index (χ4v) is 2.21. The largest absolute Gasteiger partial charge is 0.497 e. The molecule has 0 N–H and O–H groups in total. The Labute approximate surface area is 120 Å². The second-order valence-corrected chi connectivity index (χ2v) is 4.73. The second-order valence-electron chi connectivity index (χ2n) is 4.73. The first-order chi connectivity index (χ1) is 9.76. The number of rotatable bonds is 6. The van der Waals surface area contributed by atoms with E-state index in [1.54, 1.807) is 14.2 Å². The SMILES string of the molecule is CCc1cc[n+](CCc2cccc(OC)c2)c(OC)c1. The number of nitrogens with zero attached hydrogens (tertiary/aromatic N) is 1. The molecule has 0 aliphatic heterocycles. The lowest BCUT2D eigenvalue weighted by molar-refractivity contribution is -0.701. The monoisotopic (exact) mass is 272 g/mol. The molecule has 0 unspecified atom stereocenters. The molecule has 1 aromatic carbocycles. The van der Waals surface area contributed by atoms with Crippen LogP contribution in [-0.4, -0.2) is 14.2 Å². The van der Waals surface area contributed by atoms with E-state index in [1.165, 1.54) is 11.1 Å². The number of ether oxygens (including phenoxy) is 2. The van der Waals surface area contributed by atoms with E-state index in [0.29, 0.717) is 0 Å². The lowest BCUT2D eigenvalue weighted by Crippen LogP contribution is -2.36. The number of hydrogen-bond acceptors (Lipinski definition) is 2. The van der Waals surface area contributed by atoms with E-state index in [1.807, 2.05) is 12.1 Å². The van der Waals surface area contributed by atoms with E-state index in [9.17, 15) is 0 Å². The van der Waals surface area contributed by atoms with E-state index < -0.39 is 0 Å². The molecule has 0 fully saturated rings. The van der Waals surface area contributed by atoms with Crippen molar-refractivity contribution >= 4 is 0 Å². The summed E-state index contributed by atoms with van der Waals surface area (Å²) < 4.78 is 12.8. The van der Waals surface area contributed by atoms with Crippen molar-refractivity contribution in [3.8, 4) is 11.6 Å². The van der Waals surface area contributed by atoms with Crippen LogP contribution >= 0.6 is 0 Å². The molecular weight excluding hydrogens is 250 g/mol.